The molecule has 5 nitrogen and oxygen atoms in total. The van der Waals surface area contributed by atoms with Crippen LogP contribution in [0.1, 0.15) is 25.7 Å². The van der Waals surface area contributed by atoms with Gasteiger partial charge in [-0.25, -0.2) is 13.1 Å². The Hall–Kier alpha value is -0.170. The lowest BCUT2D eigenvalue weighted by atomic mass is 9.94. The van der Waals surface area contributed by atoms with E-state index in [0.717, 1.165) is 52.0 Å². The summed E-state index contributed by atoms with van der Waals surface area (Å²) in [6.07, 6.45) is 5.71. The van der Waals surface area contributed by atoms with E-state index in [4.69, 9.17) is 4.74 Å². The number of piperidine rings is 1. The molecule has 0 radical (unpaired) electrons. The molecule has 2 aliphatic heterocycles. The SMILES string of the molecule is CS(=O)(=O)NCC1CCN(C2CCOCC2)CC1. The molecule has 2 fully saturated rings. The maximum Gasteiger partial charge on any atom is 0.208 e. The van der Waals surface area contributed by atoms with Crippen molar-refractivity contribution in [2.45, 2.75) is 31.7 Å². The predicted molar refractivity (Wildman–Crippen MR) is 71.0 cm³/mol. The summed E-state index contributed by atoms with van der Waals surface area (Å²) in [5.74, 6) is 0.496. The van der Waals surface area contributed by atoms with Gasteiger partial charge in [-0.1, -0.05) is 0 Å². The van der Waals surface area contributed by atoms with Crippen LogP contribution in [0.5, 0.6) is 0 Å². The first kappa shape index (κ1) is 14.2. The van der Waals surface area contributed by atoms with Crippen LogP contribution < -0.4 is 4.72 Å². The van der Waals surface area contributed by atoms with Crippen LogP contribution >= 0.6 is 0 Å². The van der Waals surface area contributed by atoms with Gasteiger partial charge in [0.1, 0.15) is 0 Å². The van der Waals surface area contributed by atoms with Gasteiger partial charge in [0, 0.05) is 25.8 Å². The van der Waals surface area contributed by atoms with Gasteiger partial charge in [0.05, 0.1) is 6.26 Å². The Kier molecular flexibility index (Phi) is 5.00. The van der Waals surface area contributed by atoms with E-state index >= 15 is 0 Å². The van der Waals surface area contributed by atoms with E-state index in [-0.39, 0.29) is 0 Å². The van der Waals surface area contributed by atoms with E-state index in [1.54, 1.807) is 0 Å². The standard InChI is InChI=1S/C12H24N2O3S/c1-18(15,16)13-10-11-2-6-14(7-3-11)12-4-8-17-9-5-12/h11-13H,2-10H2,1H3. The second-order valence-electron chi connectivity index (χ2n) is 5.44. The van der Waals surface area contributed by atoms with Gasteiger partial charge < -0.3 is 9.64 Å². The minimum atomic E-state index is -3.04. The Labute approximate surface area is 110 Å². The number of nitrogens with zero attached hydrogens (tertiary/aromatic N) is 1. The molecule has 2 heterocycles. The van der Waals surface area contributed by atoms with Crippen molar-refractivity contribution in [2.75, 3.05) is 39.1 Å². The zero-order valence-electron chi connectivity index (χ0n) is 11.1. The predicted octanol–water partition coefficient (Wildman–Crippen LogP) is 0.427. The quantitative estimate of drug-likeness (QED) is 0.809. The maximum absolute atomic E-state index is 11.1. The molecule has 6 heteroatoms. The molecule has 2 rings (SSSR count). The molecule has 0 atom stereocenters. The maximum atomic E-state index is 11.1. The normalized spacial score (nSPS) is 25.4. The second kappa shape index (κ2) is 6.32. The Balaban J connectivity index is 1.70. The first-order chi connectivity index (χ1) is 8.54. The molecule has 2 aliphatic rings. The molecule has 0 amide bonds. The summed E-state index contributed by atoms with van der Waals surface area (Å²) in [4.78, 5) is 2.56. The average molecular weight is 276 g/mol. The monoisotopic (exact) mass is 276 g/mol. The first-order valence-corrected chi connectivity index (χ1v) is 8.70. The van der Waals surface area contributed by atoms with Crippen molar-refractivity contribution in [3.63, 3.8) is 0 Å². The topological polar surface area (TPSA) is 58.6 Å². The number of rotatable bonds is 4. The molecule has 106 valence electrons. The first-order valence-electron chi connectivity index (χ1n) is 6.81. The molecule has 0 aromatic carbocycles. The van der Waals surface area contributed by atoms with Gasteiger partial charge in [-0.3, -0.25) is 0 Å². The molecule has 0 saturated carbocycles. The van der Waals surface area contributed by atoms with Crippen LogP contribution in [0.3, 0.4) is 0 Å². The third-order valence-electron chi connectivity index (χ3n) is 3.99. The summed E-state index contributed by atoms with van der Waals surface area (Å²) in [6.45, 7) is 4.57. The summed E-state index contributed by atoms with van der Waals surface area (Å²) >= 11 is 0. The lowest BCUT2D eigenvalue weighted by molar-refractivity contribution is 0.0214. The highest BCUT2D eigenvalue weighted by Gasteiger charge is 2.26. The molecule has 0 aliphatic carbocycles. The zero-order chi connectivity index (χ0) is 13.0. The van der Waals surface area contributed by atoms with Crippen molar-refractivity contribution < 1.29 is 13.2 Å². The second-order valence-corrected chi connectivity index (χ2v) is 7.28. The highest BCUT2D eigenvalue weighted by Crippen LogP contribution is 2.22. The lowest BCUT2D eigenvalue weighted by Crippen LogP contribution is -2.45. The number of hydrogen-bond donors (Lipinski definition) is 1. The largest absolute Gasteiger partial charge is 0.381 e. The lowest BCUT2D eigenvalue weighted by Gasteiger charge is -2.39. The van der Waals surface area contributed by atoms with Crippen molar-refractivity contribution in [3.8, 4) is 0 Å². The van der Waals surface area contributed by atoms with E-state index in [1.165, 1.54) is 6.26 Å². The molecule has 0 aromatic heterocycles. The van der Waals surface area contributed by atoms with Crippen molar-refractivity contribution >= 4 is 10.0 Å². The molecule has 2 saturated heterocycles. The van der Waals surface area contributed by atoms with Crippen LogP contribution in [0.25, 0.3) is 0 Å². The van der Waals surface area contributed by atoms with Gasteiger partial charge in [0.2, 0.25) is 10.0 Å². The smallest absolute Gasteiger partial charge is 0.208 e. The minimum absolute atomic E-state index is 0.496. The van der Waals surface area contributed by atoms with E-state index in [2.05, 4.69) is 9.62 Å². The molecular formula is C12H24N2O3S. The van der Waals surface area contributed by atoms with Crippen LogP contribution in [0.4, 0.5) is 0 Å². The van der Waals surface area contributed by atoms with Crippen LogP contribution in [0, 0.1) is 5.92 Å². The highest BCUT2D eigenvalue weighted by molar-refractivity contribution is 7.88. The van der Waals surface area contributed by atoms with Crippen LogP contribution in [0.15, 0.2) is 0 Å². The number of nitrogens with one attached hydrogen (secondary N) is 1. The summed E-state index contributed by atoms with van der Waals surface area (Å²) in [6, 6.07) is 0.683. The van der Waals surface area contributed by atoms with E-state index in [1.807, 2.05) is 0 Å². The molecule has 18 heavy (non-hydrogen) atoms. The average Bonchev–Trinajstić information content (AvgIpc) is 2.37. The van der Waals surface area contributed by atoms with Gasteiger partial charge in [-0.05, 0) is 44.7 Å². The van der Waals surface area contributed by atoms with Gasteiger partial charge in [-0.15, -0.1) is 0 Å². The summed E-state index contributed by atoms with van der Waals surface area (Å²) < 4.78 is 30.1. The Bertz CT molecular complexity index is 344. The number of hydrogen-bond acceptors (Lipinski definition) is 4. The highest BCUT2D eigenvalue weighted by atomic mass is 32.2. The van der Waals surface area contributed by atoms with Crippen molar-refractivity contribution in [1.82, 2.24) is 9.62 Å². The van der Waals surface area contributed by atoms with Gasteiger partial charge in [0.15, 0.2) is 0 Å². The van der Waals surface area contributed by atoms with Crippen LogP contribution in [0.2, 0.25) is 0 Å². The van der Waals surface area contributed by atoms with Crippen LogP contribution in [-0.4, -0.2) is 58.5 Å². The number of ether oxygens (including phenoxy) is 1. The molecule has 0 aromatic rings. The van der Waals surface area contributed by atoms with E-state index in [0.29, 0.717) is 18.5 Å². The summed E-state index contributed by atoms with van der Waals surface area (Å²) in [5, 5.41) is 0. The third kappa shape index (κ3) is 4.50. The van der Waals surface area contributed by atoms with Gasteiger partial charge in [0.25, 0.3) is 0 Å². The number of likely N-dealkylation sites (tertiary alicyclic amines) is 1. The van der Waals surface area contributed by atoms with Crippen molar-refractivity contribution in [2.24, 2.45) is 5.92 Å². The fourth-order valence-corrected chi connectivity index (χ4v) is 3.38. The molecule has 0 unspecified atom stereocenters. The van der Waals surface area contributed by atoms with E-state index < -0.39 is 10.0 Å². The molecular weight excluding hydrogens is 252 g/mol. The van der Waals surface area contributed by atoms with Gasteiger partial charge in [-0.2, -0.15) is 0 Å². The number of sulfonamides is 1. The van der Waals surface area contributed by atoms with Crippen molar-refractivity contribution in [3.05, 3.63) is 0 Å². The summed E-state index contributed by atoms with van der Waals surface area (Å²) in [7, 11) is -3.04. The molecule has 1 N–H and O–H groups in total. The Morgan fingerprint density at radius 1 is 1.17 bits per heavy atom. The summed E-state index contributed by atoms with van der Waals surface area (Å²) in [5.41, 5.74) is 0. The van der Waals surface area contributed by atoms with E-state index in [9.17, 15) is 8.42 Å². The molecule has 0 spiro atoms. The van der Waals surface area contributed by atoms with Crippen LogP contribution in [-0.2, 0) is 14.8 Å². The fraction of sp³-hybridized carbons (Fsp3) is 1.00. The van der Waals surface area contributed by atoms with Gasteiger partial charge >= 0.3 is 0 Å². The fourth-order valence-electron chi connectivity index (χ4n) is 2.84. The Morgan fingerprint density at radius 3 is 2.33 bits per heavy atom. The van der Waals surface area contributed by atoms with Crippen molar-refractivity contribution in [1.29, 1.82) is 0 Å². The minimum Gasteiger partial charge on any atom is -0.381 e. The Morgan fingerprint density at radius 2 is 1.78 bits per heavy atom. The molecule has 0 bridgehead atoms. The third-order valence-corrected chi connectivity index (χ3v) is 4.68. The zero-order valence-corrected chi connectivity index (χ0v) is 11.9.